The van der Waals surface area contributed by atoms with Gasteiger partial charge in [-0.25, -0.2) is 0 Å². The van der Waals surface area contributed by atoms with Crippen LogP contribution in [0, 0.1) is 0 Å². The van der Waals surface area contributed by atoms with Crippen LogP contribution in [0.25, 0.3) is 6.08 Å². The largest absolute Gasteiger partial charge is 0.372 e. The summed E-state index contributed by atoms with van der Waals surface area (Å²) in [5.41, 5.74) is 3.92. The van der Waals surface area contributed by atoms with Gasteiger partial charge in [0.2, 0.25) is 0 Å². The highest BCUT2D eigenvalue weighted by Gasteiger charge is 2.11. The predicted molar refractivity (Wildman–Crippen MR) is 84.9 cm³/mol. The second-order valence-corrected chi connectivity index (χ2v) is 5.25. The Balaban J connectivity index is 1.60. The molecule has 0 atom stereocenters. The fourth-order valence-electron chi connectivity index (χ4n) is 2.62. The minimum atomic E-state index is 0.955. The number of hydrogen-bond donors (Lipinski definition) is 0. The molecule has 0 aliphatic carbocycles. The summed E-state index contributed by atoms with van der Waals surface area (Å²) in [4.78, 5) is 6.49. The van der Waals surface area contributed by atoms with E-state index in [1.54, 1.807) is 0 Å². The number of rotatable bonds is 4. The monoisotopic (exact) mass is 264 g/mol. The van der Waals surface area contributed by atoms with E-state index < -0.39 is 0 Å². The highest BCUT2D eigenvalue weighted by molar-refractivity contribution is 5.56. The third-order valence-electron chi connectivity index (χ3n) is 3.78. The van der Waals surface area contributed by atoms with Crippen LogP contribution < -0.4 is 4.90 Å². The molecule has 1 aliphatic heterocycles. The SMILES string of the molecule is C(=Cc1ccc(N2CCCC2)cc1)Cc1ccncc1. The van der Waals surface area contributed by atoms with Gasteiger partial charge >= 0.3 is 0 Å². The molecule has 0 spiro atoms. The van der Waals surface area contributed by atoms with Crippen LogP contribution in [0.3, 0.4) is 0 Å². The lowest BCUT2D eigenvalue weighted by Gasteiger charge is -2.17. The molecule has 0 radical (unpaired) electrons. The Kier molecular flexibility index (Phi) is 4.12. The maximum Gasteiger partial charge on any atom is 0.0366 e. The van der Waals surface area contributed by atoms with Crippen LogP contribution >= 0.6 is 0 Å². The van der Waals surface area contributed by atoms with E-state index in [2.05, 4.69) is 58.4 Å². The Hall–Kier alpha value is -2.09. The highest BCUT2D eigenvalue weighted by atomic mass is 15.1. The van der Waals surface area contributed by atoms with E-state index in [4.69, 9.17) is 0 Å². The lowest BCUT2D eigenvalue weighted by Crippen LogP contribution is -2.17. The van der Waals surface area contributed by atoms with Gasteiger partial charge in [0.15, 0.2) is 0 Å². The van der Waals surface area contributed by atoms with Crippen molar-refractivity contribution in [3.8, 4) is 0 Å². The molecule has 20 heavy (non-hydrogen) atoms. The molecule has 1 saturated heterocycles. The minimum Gasteiger partial charge on any atom is -0.372 e. The molecule has 1 fully saturated rings. The van der Waals surface area contributed by atoms with E-state index in [1.165, 1.54) is 42.7 Å². The molecule has 2 heteroatoms. The fourth-order valence-corrected chi connectivity index (χ4v) is 2.62. The van der Waals surface area contributed by atoms with Crippen LogP contribution in [0.15, 0.2) is 54.9 Å². The summed E-state index contributed by atoms with van der Waals surface area (Å²) < 4.78 is 0. The van der Waals surface area contributed by atoms with E-state index in [1.807, 2.05) is 12.4 Å². The highest BCUT2D eigenvalue weighted by Crippen LogP contribution is 2.20. The van der Waals surface area contributed by atoms with Crippen LogP contribution in [0.4, 0.5) is 5.69 Å². The van der Waals surface area contributed by atoms with Crippen LogP contribution in [-0.4, -0.2) is 18.1 Å². The van der Waals surface area contributed by atoms with Crippen molar-refractivity contribution in [1.29, 1.82) is 0 Å². The molecule has 0 saturated carbocycles. The molecule has 2 heterocycles. The van der Waals surface area contributed by atoms with Crippen molar-refractivity contribution < 1.29 is 0 Å². The molecule has 1 aromatic carbocycles. The third-order valence-corrected chi connectivity index (χ3v) is 3.78. The summed E-state index contributed by atoms with van der Waals surface area (Å²) in [6.45, 7) is 2.41. The molecule has 1 aliphatic rings. The van der Waals surface area contributed by atoms with Crippen LogP contribution in [0.5, 0.6) is 0 Å². The average molecular weight is 264 g/mol. The summed E-state index contributed by atoms with van der Waals surface area (Å²) in [7, 11) is 0. The summed E-state index contributed by atoms with van der Waals surface area (Å²) in [6.07, 6.45) is 11.7. The van der Waals surface area contributed by atoms with E-state index in [0.717, 1.165) is 6.42 Å². The second-order valence-electron chi connectivity index (χ2n) is 5.25. The zero-order valence-electron chi connectivity index (χ0n) is 11.7. The van der Waals surface area contributed by atoms with Crippen LogP contribution in [0.1, 0.15) is 24.0 Å². The second kappa shape index (κ2) is 6.38. The number of allylic oxidation sites excluding steroid dienone is 1. The van der Waals surface area contributed by atoms with E-state index in [9.17, 15) is 0 Å². The Morgan fingerprint density at radius 2 is 1.65 bits per heavy atom. The van der Waals surface area contributed by atoms with Crippen molar-refractivity contribution in [2.75, 3.05) is 18.0 Å². The van der Waals surface area contributed by atoms with Crippen LogP contribution in [0.2, 0.25) is 0 Å². The lowest BCUT2D eigenvalue weighted by molar-refractivity contribution is 0.949. The molecular formula is C18H20N2. The molecule has 1 aromatic heterocycles. The van der Waals surface area contributed by atoms with Gasteiger partial charge < -0.3 is 4.90 Å². The quantitative estimate of drug-likeness (QED) is 0.831. The standard InChI is InChI=1S/C18H20N2/c1-2-15-20(14-1)18-8-6-16(7-9-18)4-3-5-17-10-12-19-13-11-17/h3-4,6-13H,1-2,5,14-15H2. The fraction of sp³-hybridized carbons (Fsp3) is 0.278. The minimum absolute atomic E-state index is 0.955. The van der Waals surface area contributed by atoms with Crippen molar-refractivity contribution in [2.24, 2.45) is 0 Å². The summed E-state index contributed by atoms with van der Waals surface area (Å²) in [6, 6.07) is 13.0. The molecule has 0 amide bonds. The number of aromatic nitrogens is 1. The molecule has 0 unspecified atom stereocenters. The number of anilines is 1. The normalized spacial score (nSPS) is 15.1. The number of nitrogens with zero attached hydrogens (tertiary/aromatic N) is 2. The molecule has 2 aromatic rings. The molecular weight excluding hydrogens is 244 g/mol. The Morgan fingerprint density at radius 3 is 2.35 bits per heavy atom. The Bertz CT molecular complexity index is 552. The van der Waals surface area contributed by atoms with E-state index >= 15 is 0 Å². The molecule has 102 valence electrons. The van der Waals surface area contributed by atoms with Crippen molar-refractivity contribution in [3.05, 3.63) is 66.0 Å². The van der Waals surface area contributed by atoms with Crippen LogP contribution in [-0.2, 0) is 6.42 Å². The van der Waals surface area contributed by atoms with Gasteiger partial charge in [0.05, 0.1) is 0 Å². The predicted octanol–water partition coefficient (Wildman–Crippen LogP) is 3.94. The maximum absolute atomic E-state index is 4.03. The van der Waals surface area contributed by atoms with Gasteiger partial charge in [-0.1, -0.05) is 24.3 Å². The molecule has 3 rings (SSSR count). The van der Waals surface area contributed by atoms with Gasteiger partial charge in [-0.15, -0.1) is 0 Å². The summed E-state index contributed by atoms with van der Waals surface area (Å²) in [5.74, 6) is 0. The van der Waals surface area contributed by atoms with Gasteiger partial charge in [-0.2, -0.15) is 0 Å². The first-order valence-electron chi connectivity index (χ1n) is 7.32. The Labute approximate surface area is 120 Å². The maximum atomic E-state index is 4.03. The number of hydrogen-bond acceptors (Lipinski definition) is 2. The molecule has 0 bridgehead atoms. The third kappa shape index (κ3) is 3.27. The van der Waals surface area contributed by atoms with E-state index in [-0.39, 0.29) is 0 Å². The van der Waals surface area contributed by atoms with Crippen molar-refractivity contribution in [2.45, 2.75) is 19.3 Å². The van der Waals surface area contributed by atoms with Gasteiger partial charge in [0.25, 0.3) is 0 Å². The van der Waals surface area contributed by atoms with E-state index in [0.29, 0.717) is 0 Å². The lowest BCUT2D eigenvalue weighted by atomic mass is 10.1. The Morgan fingerprint density at radius 1 is 0.950 bits per heavy atom. The zero-order valence-corrected chi connectivity index (χ0v) is 11.7. The van der Waals surface area contributed by atoms with Gasteiger partial charge in [-0.05, 0) is 54.7 Å². The number of pyridine rings is 1. The van der Waals surface area contributed by atoms with Gasteiger partial charge in [0, 0.05) is 31.2 Å². The van der Waals surface area contributed by atoms with Crippen molar-refractivity contribution in [3.63, 3.8) is 0 Å². The van der Waals surface area contributed by atoms with Crippen molar-refractivity contribution >= 4 is 11.8 Å². The number of benzene rings is 1. The van der Waals surface area contributed by atoms with Gasteiger partial charge in [0.1, 0.15) is 0 Å². The average Bonchev–Trinajstić information content (AvgIpc) is 3.03. The zero-order chi connectivity index (χ0) is 13.6. The topological polar surface area (TPSA) is 16.1 Å². The summed E-state index contributed by atoms with van der Waals surface area (Å²) in [5, 5.41) is 0. The molecule has 2 nitrogen and oxygen atoms in total. The first-order chi connectivity index (χ1) is 9.92. The van der Waals surface area contributed by atoms with Crippen molar-refractivity contribution in [1.82, 2.24) is 4.98 Å². The first-order valence-corrected chi connectivity index (χ1v) is 7.32. The first kappa shape index (κ1) is 12.9. The van der Waals surface area contributed by atoms with Gasteiger partial charge in [-0.3, -0.25) is 4.98 Å². The summed E-state index contributed by atoms with van der Waals surface area (Å²) >= 11 is 0. The smallest absolute Gasteiger partial charge is 0.0366 e. The molecule has 0 N–H and O–H groups in total.